The molecule has 1 aliphatic rings. The van der Waals surface area contributed by atoms with E-state index in [0.717, 1.165) is 19.3 Å². The number of nitrogens with one attached hydrogen (secondary N) is 1. The van der Waals surface area contributed by atoms with Gasteiger partial charge in [0.1, 0.15) is 4.90 Å². The van der Waals surface area contributed by atoms with Gasteiger partial charge in [0.2, 0.25) is 10.0 Å². The highest BCUT2D eigenvalue weighted by Gasteiger charge is 2.39. The number of aryl methyl sites for hydroxylation is 1. The van der Waals surface area contributed by atoms with Gasteiger partial charge < -0.3 is 0 Å². The Hall–Kier alpha value is -0.590. The van der Waals surface area contributed by atoms with Crippen molar-refractivity contribution in [2.24, 2.45) is 0 Å². The maximum atomic E-state index is 12.7. The molecule has 5 nitrogen and oxygen atoms in total. The molecule has 0 bridgehead atoms. The van der Waals surface area contributed by atoms with Gasteiger partial charge in [-0.05, 0) is 26.2 Å². The lowest BCUT2D eigenvalue weighted by Gasteiger charge is -2.21. The summed E-state index contributed by atoms with van der Waals surface area (Å²) >= 11 is 5.76. The number of hydrogen-bond acceptors (Lipinski definition) is 3. The highest BCUT2D eigenvalue weighted by molar-refractivity contribution is 7.89. The van der Waals surface area contributed by atoms with Crippen LogP contribution in [0.3, 0.4) is 0 Å². The predicted molar refractivity (Wildman–Crippen MR) is 70.1 cm³/mol. The third-order valence-electron chi connectivity index (χ3n) is 3.05. The van der Waals surface area contributed by atoms with E-state index in [-0.39, 0.29) is 16.8 Å². The molecule has 7 heteroatoms. The van der Waals surface area contributed by atoms with Crippen molar-refractivity contribution in [1.82, 2.24) is 14.5 Å². The number of nitrogens with zero attached hydrogens (tertiary/aromatic N) is 2. The Balaban J connectivity index is 2.42. The highest BCUT2D eigenvalue weighted by Crippen LogP contribution is 2.34. The van der Waals surface area contributed by atoms with Gasteiger partial charge in [-0.3, -0.25) is 5.10 Å². The Morgan fingerprint density at radius 1 is 1.50 bits per heavy atom. The van der Waals surface area contributed by atoms with Crippen molar-refractivity contribution in [1.29, 1.82) is 0 Å². The van der Waals surface area contributed by atoms with E-state index >= 15 is 0 Å². The van der Waals surface area contributed by atoms with Crippen molar-refractivity contribution < 1.29 is 8.42 Å². The molecule has 0 atom stereocenters. The fourth-order valence-corrected chi connectivity index (χ4v) is 4.48. The van der Waals surface area contributed by atoms with Crippen LogP contribution in [0.1, 0.15) is 37.6 Å². The molecule has 0 saturated heterocycles. The van der Waals surface area contributed by atoms with Crippen molar-refractivity contribution in [2.75, 3.05) is 6.54 Å². The van der Waals surface area contributed by atoms with Crippen LogP contribution in [-0.2, 0) is 15.9 Å². The fraction of sp³-hybridized carbons (Fsp3) is 0.727. The molecule has 1 N–H and O–H groups in total. The van der Waals surface area contributed by atoms with Gasteiger partial charge in [0.05, 0.1) is 17.3 Å². The summed E-state index contributed by atoms with van der Waals surface area (Å²) in [6.07, 6.45) is 2.71. The first-order valence-electron chi connectivity index (χ1n) is 6.14. The average molecular weight is 292 g/mol. The summed E-state index contributed by atoms with van der Waals surface area (Å²) < 4.78 is 26.9. The van der Waals surface area contributed by atoms with Gasteiger partial charge >= 0.3 is 0 Å². The normalized spacial score (nSPS) is 16.4. The number of hydrogen-bond donors (Lipinski definition) is 1. The molecule has 2 rings (SSSR count). The van der Waals surface area contributed by atoms with Crippen LogP contribution in [-0.4, -0.2) is 35.5 Å². The first-order valence-corrected chi connectivity index (χ1v) is 8.11. The monoisotopic (exact) mass is 291 g/mol. The summed E-state index contributed by atoms with van der Waals surface area (Å²) in [4.78, 5) is 0.262. The van der Waals surface area contributed by atoms with Crippen molar-refractivity contribution in [3.8, 4) is 0 Å². The molecule has 1 aromatic heterocycles. The summed E-state index contributed by atoms with van der Waals surface area (Å²) in [5.41, 5.74) is 0.975. The van der Waals surface area contributed by atoms with Crippen LogP contribution in [0.5, 0.6) is 0 Å². The minimum Gasteiger partial charge on any atom is -0.281 e. The molecule has 1 aliphatic carbocycles. The molecule has 18 heavy (non-hydrogen) atoms. The largest absolute Gasteiger partial charge is 0.281 e. The van der Waals surface area contributed by atoms with Crippen molar-refractivity contribution in [3.63, 3.8) is 0 Å². The molecule has 1 saturated carbocycles. The lowest BCUT2D eigenvalue weighted by Crippen LogP contribution is -2.34. The number of aromatic nitrogens is 2. The maximum Gasteiger partial charge on any atom is 0.247 e. The first-order chi connectivity index (χ1) is 8.52. The van der Waals surface area contributed by atoms with E-state index in [0.29, 0.717) is 17.9 Å². The quantitative estimate of drug-likeness (QED) is 0.816. The van der Waals surface area contributed by atoms with Gasteiger partial charge in [0, 0.05) is 12.6 Å². The average Bonchev–Trinajstić information content (AvgIpc) is 3.08. The summed E-state index contributed by atoms with van der Waals surface area (Å²) in [5, 5.41) is 6.67. The van der Waals surface area contributed by atoms with Crippen LogP contribution in [0.2, 0.25) is 0 Å². The van der Waals surface area contributed by atoms with Gasteiger partial charge in [-0.2, -0.15) is 9.40 Å². The zero-order valence-corrected chi connectivity index (χ0v) is 12.2. The van der Waals surface area contributed by atoms with Crippen LogP contribution in [0.25, 0.3) is 0 Å². The van der Waals surface area contributed by atoms with E-state index in [9.17, 15) is 8.42 Å². The molecule has 0 amide bonds. The molecule has 1 heterocycles. The highest BCUT2D eigenvalue weighted by atomic mass is 35.5. The number of H-pyrrole nitrogens is 1. The van der Waals surface area contributed by atoms with Crippen LogP contribution in [0.4, 0.5) is 0 Å². The number of aromatic amines is 1. The second-order valence-corrected chi connectivity index (χ2v) is 6.70. The smallest absolute Gasteiger partial charge is 0.247 e. The number of rotatable bonds is 6. The molecule has 1 fully saturated rings. The Morgan fingerprint density at radius 2 is 2.17 bits per heavy atom. The number of halogens is 1. The van der Waals surface area contributed by atoms with E-state index in [1.54, 1.807) is 11.2 Å². The van der Waals surface area contributed by atoms with Gasteiger partial charge in [-0.15, -0.1) is 11.6 Å². The van der Waals surface area contributed by atoms with Crippen LogP contribution >= 0.6 is 11.6 Å². The third-order valence-corrected chi connectivity index (χ3v) is 5.46. The number of alkyl halides is 1. The van der Waals surface area contributed by atoms with Crippen LogP contribution < -0.4 is 0 Å². The summed E-state index contributed by atoms with van der Waals surface area (Å²) in [6, 6.07) is 0.160. The second kappa shape index (κ2) is 5.19. The fourth-order valence-electron chi connectivity index (χ4n) is 2.10. The molecular weight excluding hydrogens is 274 g/mol. The molecule has 0 spiro atoms. The van der Waals surface area contributed by atoms with Crippen molar-refractivity contribution >= 4 is 21.6 Å². The van der Waals surface area contributed by atoms with Gasteiger partial charge in [-0.25, -0.2) is 8.42 Å². The van der Waals surface area contributed by atoms with E-state index in [4.69, 9.17) is 11.6 Å². The SMILES string of the molecule is CCCN(C1CC1)S(=O)(=O)c1c(CCl)n[nH]c1C. The molecule has 0 unspecified atom stereocenters. The Morgan fingerprint density at radius 3 is 2.67 bits per heavy atom. The minimum atomic E-state index is -3.47. The molecule has 102 valence electrons. The Labute approximate surface area is 113 Å². The Bertz CT molecular complexity index is 522. The summed E-state index contributed by atoms with van der Waals surface area (Å²) in [5.74, 6) is 0.101. The predicted octanol–water partition coefficient (Wildman–Crippen LogP) is 2.02. The van der Waals surface area contributed by atoms with Crippen LogP contribution in [0, 0.1) is 6.92 Å². The first kappa shape index (κ1) is 13.8. The van der Waals surface area contributed by atoms with Crippen LogP contribution in [0.15, 0.2) is 4.90 Å². The second-order valence-electron chi connectivity index (χ2n) is 4.60. The number of sulfonamides is 1. The molecule has 0 aliphatic heterocycles. The Kier molecular flexibility index (Phi) is 3.99. The minimum absolute atomic E-state index is 0.101. The van der Waals surface area contributed by atoms with E-state index in [1.807, 2.05) is 6.92 Å². The van der Waals surface area contributed by atoms with Gasteiger partial charge in [0.15, 0.2) is 0 Å². The van der Waals surface area contributed by atoms with E-state index < -0.39 is 10.0 Å². The molecular formula is C11H18ClN3O2S. The molecule has 1 aromatic rings. The summed E-state index contributed by atoms with van der Waals surface area (Å²) in [7, 11) is -3.47. The third kappa shape index (κ3) is 2.41. The van der Waals surface area contributed by atoms with E-state index in [2.05, 4.69) is 10.2 Å². The lowest BCUT2D eigenvalue weighted by molar-refractivity contribution is 0.402. The maximum absolute atomic E-state index is 12.7. The zero-order chi connectivity index (χ0) is 13.3. The van der Waals surface area contributed by atoms with Gasteiger partial charge in [0.25, 0.3) is 0 Å². The van der Waals surface area contributed by atoms with Gasteiger partial charge in [-0.1, -0.05) is 6.92 Å². The molecule has 0 aromatic carbocycles. The van der Waals surface area contributed by atoms with E-state index in [1.165, 1.54) is 0 Å². The van der Waals surface area contributed by atoms with Crippen molar-refractivity contribution in [3.05, 3.63) is 11.4 Å². The topological polar surface area (TPSA) is 66.1 Å². The van der Waals surface area contributed by atoms with Crippen molar-refractivity contribution in [2.45, 2.75) is 49.9 Å². The lowest BCUT2D eigenvalue weighted by atomic mass is 10.4. The summed E-state index contributed by atoms with van der Waals surface area (Å²) in [6.45, 7) is 4.25. The standard InChI is InChI=1S/C11H18ClN3O2S/c1-3-6-15(9-4-5-9)18(16,17)11-8(2)13-14-10(11)7-12/h9H,3-7H2,1-2H3,(H,13,14). The molecule has 0 radical (unpaired) electrons. The zero-order valence-electron chi connectivity index (χ0n) is 10.6.